The van der Waals surface area contributed by atoms with Crippen LogP contribution < -0.4 is 5.32 Å². The number of rotatable bonds is 3. The number of thiophene rings is 1. The van der Waals surface area contributed by atoms with E-state index in [1.54, 1.807) is 6.07 Å². The molecule has 1 saturated heterocycles. The van der Waals surface area contributed by atoms with Crippen molar-refractivity contribution in [3.8, 4) is 0 Å². The lowest BCUT2D eigenvalue weighted by Crippen LogP contribution is -2.46. The van der Waals surface area contributed by atoms with Gasteiger partial charge in [-0.25, -0.2) is 0 Å². The van der Waals surface area contributed by atoms with Crippen LogP contribution >= 0.6 is 11.3 Å². The van der Waals surface area contributed by atoms with Gasteiger partial charge in [0.15, 0.2) is 0 Å². The SMILES string of the molecule is FC(F)(F)C[C@@H](c1ccsc1)N1CCNCC1. The molecule has 2 heterocycles. The Kier molecular flexibility index (Phi) is 4.06. The summed E-state index contributed by atoms with van der Waals surface area (Å²) in [5, 5.41) is 6.81. The molecule has 1 aromatic rings. The largest absolute Gasteiger partial charge is 0.390 e. The normalized spacial score (nSPS) is 20.4. The Morgan fingerprint density at radius 2 is 2.06 bits per heavy atom. The second kappa shape index (κ2) is 5.37. The van der Waals surface area contributed by atoms with E-state index < -0.39 is 18.6 Å². The molecule has 1 aliphatic rings. The van der Waals surface area contributed by atoms with E-state index in [9.17, 15) is 13.2 Å². The third kappa shape index (κ3) is 3.69. The van der Waals surface area contributed by atoms with E-state index in [0.717, 1.165) is 18.7 Å². The zero-order valence-electron chi connectivity index (χ0n) is 9.33. The minimum atomic E-state index is -4.11. The van der Waals surface area contributed by atoms with E-state index in [0.29, 0.717) is 13.1 Å². The fourth-order valence-corrected chi connectivity index (χ4v) is 2.84. The van der Waals surface area contributed by atoms with Crippen LogP contribution in [0, 0.1) is 0 Å². The average molecular weight is 264 g/mol. The average Bonchev–Trinajstić information content (AvgIpc) is 2.79. The highest BCUT2D eigenvalue weighted by atomic mass is 32.1. The number of nitrogens with one attached hydrogen (secondary N) is 1. The predicted octanol–water partition coefficient (Wildman–Crippen LogP) is 2.65. The Morgan fingerprint density at radius 1 is 1.35 bits per heavy atom. The van der Waals surface area contributed by atoms with Crippen molar-refractivity contribution >= 4 is 11.3 Å². The molecule has 1 atom stereocenters. The number of alkyl halides is 3. The van der Waals surface area contributed by atoms with Gasteiger partial charge in [-0.3, -0.25) is 4.90 Å². The molecule has 0 bridgehead atoms. The summed E-state index contributed by atoms with van der Waals surface area (Å²) in [6.07, 6.45) is -4.87. The maximum atomic E-state index is 12.6. The quantitative estimate of drug-likeness (QED) is 0.903. The lowest BCUT2D eigenvalue weighted by molar-refractivity contribution is -0.148. The first kappa shape index (κ1) is 12.9. The van der Waals surface area contributed by atoms with E-state index in [1.165, 1.54) is 11.3 Å². The number of piperazine rings is 1. The molecule has 0 saturated carbocycles. The van der Waals surface area contributed by atoms with Crippen LogP contribution in [0.3, 0.4) is 0 Å². The number of hydrogen-bond acceptors (Lipinski definition) is 3. The van der Waals surface area contributed by atoms with Crippen LogP contribution in [0.2, 0.25) is 0 Å². The molecule has 0 spiro atoms. The van der Waals surface area contributed by atoms with Gasteiger partial charge < -0.3 is 5.32 Å². The molecule has 0 aliphatic carbocycles. The Morgan fingerprint density at radius 3 is 2.59 bits per heavy atom. The lowest BCUT2D eigenvalue weighted by atomic mass is 10.0. The van der Waals surface area contributed by atoms with E-state index >= 15 is 0 Å². The number of halogens is 3. The molecular weight excluding hydrogens is 249 g/mol. The van der Waals surface area contributed by atoms with Gasteiger partial charge in [0.05, 0.1) is 6.42 Å². The highest BCUT2D eigenvalue weighted by molar-refractivity contribution is 7.07. The first-order valence-electron chi connectivity index (χ1n) is 5.60. The molecular formula is C11H15F3N2S. The number of hydrogen-bond donors (Lipinski definition) is 1. The van der Waals surface area contributed by atoms with Crippen molar-refractivity contribution in [2.24, 2.45) is 0 Å². The molecule has 2 rings (SSSR count). The van der Waals surface area contributed by atoms with E-state index in [1.807, 2.05) is 15.7 Å². The van der Waals surface area contributed by atoms with Crippen molar-refractivity contribution < 1.29 is 13.2 Å². The third-order valence-electron chi connectivity index (χ3n) is 2.95. The summed E-state index contributed by atoms with van der Waals surface area (Å²) in [7, 11) is 0. The first-order chi connectivity index (χ1) is 8.06. The van der Waals surface area contributed by atoms with Gasteiger partial charge in [0.2, 0.25) is 0 Å². The van der Waals surface area contributed by atoms with Gasteiger partial charge in [0.25, 0.3) is 0 Å². The summed E-state index contributed by atoms with van der Waals surface area (Å²) in [6, 6.07) is 1.27. The molecule has 0 unspecified atom stereocenters. The Bertz CT molecular complexity index is 331. The Balaban J connectivity index is 2.12. The number of nitrogens with zero attached hydrogens (tertiary/aromatic N) is 1. The molecule has 0 radical (unpaired) electrons. The van der Waals surface area contributed by atoms with Crippen molar-refractivity contribution in [2.75, 3.05) is 26.2 Å². The summed E-state index contributed by atoms with van der Waals surface area (Å²) in [4.78, 5) is 1.92. The second-order valence-electron chi connectivity index (χ2n) is 4.18. The molecule has 1 N–H and O–H groups in total. The van der Waals surface area contributed by atoms with Gasteiger partial charge >= 0.3 is 6.18 Å². The smallest absolute Gasteiger partial charge is 0.314 e. The van der Waals surface area contributed by atoms with Crippen molar-refractivity contribution in [3.05, 3.63) is 22.4 Å². The van der Waals surface area contributed by atoms with Crippen molar-refractivity contribution in [1.29, 1.82) is 0 Å². The summed E-state index contributed by atoms with van der Waals surface area (Å²) >= 11 is 1.45. The van der Waals surface area contributed by atoms with Crippen LogP contribution in [0.4, 0.5) is 13.2 Å². The van der Waals surface area contributed by atoms with Crippen molar-refractivity contribution in [2.45, 2.75) is 18.6 Å². The standard InChI is InChI=1S/C11H15F3N2S/c12-11(13,14)7-10(9-1-6-17-8-9)16-4-2-15-3-5-16/h1,6,8,10,15H,2-5,7H2/t10-/m0/s1. The minimum Gasteiger partial charge on any atom is -0.314 e. The van der Waals surface area contributed by atoms with Crippen LogP contribution in [0.5, 0.6) is 0 Å². The maximum Gasteiger partial charge on any atom is 0.390 e. The fourth-order valence-electron chi connectivity index (χ4n) is 2.14. The topological polar surface area (TPSA) is 15.3 Å². The summed E-state index contributed by atoms with van der Waals surface area (Å²) in [5.41, 5.74) is 0.786. The van der Waals surface area contributed by atoms with Crippen LogP contribution in [-0.4, -0.2) is 37.3 Å². The molecule has 17 heavy (non-hydrogen) atoms. The van der Waals surface area contributed by atoms with Crippen LogP contribution in [0.1, 0.15) is 18.0 Å². The van der Waals surface area contributed by atoms with Gasteiger partial charge in [-0.05, 0) is 22.4 Å². The van der Waals surface area contributed by atoms with Crippen molar-refractivity contribution in [1.82, 2.24) is 10.2 Å². The molecule has 2 nitrogen and oxygen atoms in total. The molecule has 0 amide bonds. The monoisotopic (exact) mass is 264 g/mol. The summed E-state index contributed by atoms with van der Waals surface area (Å²) < 4.78 is 37.8. The lowest BCUT2D eigenvalue weighted by Gasteiger charge is -2.35. The second-order valence-corrected chi connectivity index (χ2v) is 4.96. The Hall–Kier alpha value is -0.590. The fraction of sp³-hybridized carbons (Fsp3) is 0.636. The highest BCUT2D eigenvalue weighted by Crippen LogP contribution is 2.34. The van der Waals surface area contributed by atoms with Gasteiger partial charge in [0.1, 0.15) is 0 Å². The maximum absolute atomic E-state index is 12.6. The molecule has 1 aliphatic heterocycles. The molecule has 96 valence electrons. The van der Waals surface area contributed by atoms with Gasteiger partial charge in [-0.1, -0.05) is 0 Å². The van der Waals surface area contributed by atoms with Gasteiger partial charge in [0, 0.05) is 32.2 Å². The molecule has 1 aromatic heterocycles. The van der Waals surface area contributed by atoms with Crippen LogP contribution in [0.15, 0.2) is 16.8 Å². The molecule has 6 heteroatoms. The zero-order chi connectivity index (χ0) is 12.3. The van der Waals surface area contributed by atoms with Crippen molar-refractivity contribution in [3.63, 3.8) is 0 Å². The summed E-state index contributed by atoms with van der Waals surface area (Å²) in [6.45, 7) is 2.88. The molecule has 0 aromatic carbocycles. The van der Waals surface area contributed by atoms with Gasteiger partial charge in [-0.15, -0.1) is 0 Å². The third-order valence-corrected chi connectivity index (χ3v) is 3.65. The van der Waals surface area contributed by atoms with Gasteiger partial charge in [-0.2, -0.15) is 24.5 Å². The van der Waals surface area contributed by atoms with Crippen LogP contribution in [-0.2, 0) is 0 Å². The Labute approximate surface area is 102 Å². The van der Waals surface area contributed by atoms with E-state index in [2.05, 4.69) is 5.32 Å². The minimum absolute atomic E-state index is 0.525. The van der Waals surface area contributed by atoms with E-state index in [-0.39, 0.29) is 0 Å². The zero-order valence-corrected chi connectivity index (χ0v) is 10.2. The van der Waals surface area contributed by atoms with E-state index in [4.69, 9.17) is 0 Å². The molecule has 1 fully saturated rings. The highest BCUT2D eigenvalue weighted by Gasteiger charge is 2.35. The first-order valence-corrected chi connectivity index (χ1v) is 6.54. The predicted molar refractivity (Wildman–Crippen MR) is 62.2 cm³/mol. The summed E-state index contributed by atoms with van der Waals surface area (Å²) in [5.74, 6) is 0. The van der Waals surface area contributed by atoms with Crippen LogP contribution in [0.25, 0.3) is 0 Å².